The second-order valence-corrected chi connectivity index (χ2v) is 5.59. The zero-order chi connectivity index (χ0) is 13.4. The molecule has 1 unspecified atom stereocenters. The Labute approximate surface area is 115 Å². The van der Waals surface area contributed by atoms with Gasteiger partial charge in [-0.1, -0.05) is 12.1 Å². The second kappa shape index (κ2) is 4.68. The SMILES string of the molecule is NCC1Cc2cccc(-c3ccc(C(N)=O)s3)c2O1. The molecule has 5 heteroatoms. The van der Waals surface area contributed by atoms with E-state index in [1.54, 1.807) is 6.07 Å². The van der Waals surface area contributed by atoms with Gasteiger partial charge in [-0.25, -0.2) is 0 Å². The lowest BCUT2D eigenvalue weighted by Crippen LogP contribution is -2.24. The van der Waals surface area contributed by atoms with Gasteiger partial charge in [0.05, 0.1) is 4.88 Å². The number of carbonyl (C=O) groups is 1. The first-order valence-electron chi connectivity index (χ1n) is 6.07. The maximum atomic E-state index is 11.2. The third-order valence-corrected chi connectivity index (χ3v) is 4.34. The standard InChI is InChI=1S/C14H14N2O2S/c15-7-9-6-8-2-1-3-10(13(8)18-9)11-4-5-12(19-11)14(16)17/h1-5,9H,6-7,15H2,(H2,16,17). The zero-order valence-electron chi connectivity index (χ0n) is 10.3. The van der Waals surface area contributed by atoms with Gasteiger partial charge in [0.15, 0.2) is 0 Å². The summed E-state index contributed by atoms with van der Waals surface area (Å²) in [6.07, 6.45) is 0.889. The van der Waals surface area contributed by atoms with Crippen LogP contribution in [0.2, 0.25) is 0 Å². The number of rotatable bonds is 3. The van der Waals surface area contributed by atoms with E-state index in [0.29, 0.717) is 11.4 Å². The van der Waals surface area contributed by atoms with Gasteiger partial charge >= 0.3 is 0 Å². The minimum Gasteiger partial charge on any atom is -0.488 e. The average Bonchev–Trinajstić information content (AvgIpc) is 3.04. The lowest BCUT2D eigenvalue weighted by molar-refractivity contribution is 0.100. The zero-order valence-corrected chi connectivity index (χ0v) is 11.1. The number of hydrogen-bond acceptors (Lipinski definition) is 4. The number of para-hydroxylation sites is 1. The van der Waals surface area contributed by atoms with Crippen LogP contribution in [0, 0.1) is 0 Å². The summed E-state index contributed by atoms with van der Waals surface area (Å²) in [6.45, 7) is 0.505. The molecule has 1 aliphatic rings. The maximum Gasteiger partial charge on any atom is 0.258 e. The third kappa shape index (κ3) is 2.11. The number of amides is 1. The number of carbonyl (C=O) groups excluding carboxylic acids is 1. The highest BCUT2D eigenvalue weighted by molar-refractivity contribution is 7.17. The van der Waals surface area contributed by atoms with Crippen molar-refractivity contribution in [3.8, 4) is 16.2 Å². The Morgan fingerprint density at radius 1 is 1.37 bits per heavy atom. The van der Waals surface area contributed by atoms with Crippen LogP contribution in [-0.4, -0.2) is 18.6 Å². The van der Waals surface area contributed by atoms with E-state index in [-0.39, 0.29) is 6.10 Å². The van der Waals surface area contributed by atoms with Gasteiger partial charge in [-0.2, -0.15) is 0 Å². The van der Waals surface area contributed by atoms with Gasteiger partial charge in [0.1, 0.15) is 11.9 Å². The minimum absolute atomic E-state index is 0.0479. The molecule has 0 saturated carbocycles. The van der Waals surface area contributed by atoms with Crippen LogP contribution < -0.4 is 16.2 Å². The summed E-state index contributed by atoms with van der Waals surface area (Å²) >= 11 is 1.38. The summed E-state index contributed by atoms with van der Waals surface area (Å²) in [5, 5.41) is 0. The van der Waals surface area contributed by atoms with Crippen molar-refractivity contribution in [3.05, 3.63) is 40.8 Å². The van der Waals surface area contributed by atoms with Crippen LogP contribution in [0.4, 0.5) is 0 Å². The Balaban J connectivity index is 2.02. The van der Waals surface area contributed by atoms with Crippen molar-refractivity contribution in [2.24, 2.45) is 11.5 Å². The maximum absolute atomic E-state index is 11.2. The highest BCUT2D eigenvalue weighted by atomic mass is 32.1. The van der Waals surface area contributed by atoms with E-state index in [0.717, 1.165) is 22.6 Å². The number of primary amides is 1. The van der Waals surface area contributed by atoms with Gasteiger partial charge in [-0.3, -0.25) is 4.79 Å². The third-order valence-electron chi connectivity index (χ3n) is 3.21. The van der Waals surface area contributed by atoms with Crippen molar-refractivity contribution in [2.45, 2.75) is 12.5 Å². The van der Waals surface area contributed by atoms with Crippen LogP contribution >= 0.6 is 11.3 Å². The molecule has 0 bridgehead atoms. The minimum atomic E-state index is -0.399. The molecule has 2 heterocycles. The molecule has 19 heavy (non-hydrogen) atoms. The number of ether oxygens (including phenoxy) is 1. The van der Waals surface area contributed by atoms with Crippen molar-refractivity contribution in [1.29, 1.82) is 0 Å². The summed E-state index contributed by atoms with van der Waals surface area (Å²) in [5.41, 5.74) is 13.1. The van der Waals surface area contributed by atoms with Crippen molar-refractivity contribution < 1.29 is 9.53 Å². The number of benzene rings is 1. The Bertz CT molecular complexity index is 636. The van der Waals surface area contributed by atoms with Gasteiger partial charge in [0.2, 0.25) is 0 Å². The molecule has 0 spiro atoms. The monoisotopic (exact) mass is 274 g/mol. The van der Waals surface area contributed by atoms with E-state index >= 15 is 0 Å². The molecule has 0 aliphatic carbocycles. The van der Waals surface area contributed by atoms with Crippen LogP contribution in [0.5, 0.6) is 5.75 Å². The molecule has 4 N–H and O–H groups in total. The number of hydrogen-bond donors (Lipinski definition) is 2. The molecule has 0 radical (unpaired) electrons. The smallest absolute Gasteiger partial charge is 0.258 e. The molecular weight excluding hydrogens is 260 g/mol. The van der Waals surface area contributed by atoms with Gasteiger partial charge in [-0.05, 0) is 23.8 Å². The van der Waals surface area contributed by atoms with Crippen LogP contribution in [0.25, 0.3) is 10.4 Å². The van der Waals surface area contributed by atoms with E-state index in [1.165, 1.54) is 16.9 Å². The first kappa shape index (κ1) is 12.2. The quantitative estimate of drug-likeness (QED) is 0.895. The average molecular weight is 274 g/mol. The molecule has 0 fully saturated rings. The van der Waals surface area contributed by atoms with Crippen LogP contribution in [0.15, 0.2) is 30.3 Å². The van der Waals surface area contributed by atoms with Crippen molar-refractivity contribution >= 4 is 17.2 Å². The van der Waals surface area contributed by atoms with E-state index in [4.69, 9.17) is 16.2 Å². The topological polar surface area (TPSA) is 78.3 Å². The Kier molecular flexibility index (Phi) is 3.00. The molecular formula is C14H14N2O2S. The molecule has 1 aliphatic heterocycles. The van der Waals surface area contributed by atoms with Gasteiger partial charge < -0.3 is 16.2 Å². The molecule has 0 saturated heterocycles. The van der Waals surface area contributed by atoms with Crippen molar-refractivity contribution in [1.82, 2.24) is 0 Å². The molecule has 98 valence electrons. The number of thiophene rings is 1. The number of nitrogens with two attached hydrogens (primary N) is 2. The summed E-state index contributed by atoms with van der Waals surface area (Å²) < 4.78 is 5.88. The highest BCUT2D eigenvalue weighted by Crippen LogP contribution is 2.41. The van der Waals surface area contributed by atoms with Crippen LogP contribution in [-0.2, 0) is 6.42 Å². The normalized spacial score (nSPS) is 17.0. The fourth-order valence-corrected chi connectivity index (χ4v) is 3.16. The predicted octanol–water partition coefficient (Wildman–Crippen LogP) is 1.78. The Morgan fingerprint density at radius 2 is 2.21 bits per heavy atom. The van der Waals surface area contributed by atoms with E-state index in [1.807, 2.05) is 18.2 Å². The Morgan fingerprint density at radius 3 is 2.89 bits per heavy atom. The Hall–Kier alpha value is -1.85. The molecule has 1 aromatic heterocycles. The van der Waals surface area contributed by atoms with Crippen LogP contribution in [0.3, 0.4) is 0 Å². The van der Waals surface area contributed by atoms with E-state index in [2.05, 4.69) is 6.07 Å². The predicted molar refractivity (Wildman–Crippen MR) is 75.4 cm³/mol. The first-order valence-corrected chi connectivity index (χ1v) is 6.89. The van der Waals surface area contributed by atoms with Gasteiger partial charge in [-0.15, -0.1) is 11.3 Å². The van der Waals surface area contributed by atoms with Crippen molar-refractivity contribution in [3.63, 3.8) is 0 Å². The highest BCUT2D eigenvalue weighted by Gasteiger charge is 2.25. The molecule has 3 rings (SSSR count). The largest absolute Gasteiger partial charge is 0.488 e. The number of fused-ring (bicyclic) bond motifs is 1. The molecule has 1 amide bonds. The fraction of sp³-hybridized carbons (Fsp3) is 0.214. The van der Waals surface area contributed by atoms with E-state index in [9.17, 15) is 4.79 Å². The molecule has 4 nitrogen and oxygen atoms in total. The second-order valence-electron chi connectivity index (χ2n) is 4.50. The summed E-state index contributed by atoms with van der Waals surface area (Å²) in [7, 11) is 0. The molecule has 1 atom stereocenters. The summed E-state index contributed by atoms with van der Waals surface area (Å²) in [6, 6.07) is 9.70. The van der Waals surface area contributed by atoms with Crippen molar-refractivity contribution in [2.75, 3.05) is 6.54 Å². The summed E-state index contributed by atoms with van der Waals surface area (Å²) in [4.78, 5) is 12.7. The first-order chi connectivity index (χ1) is 9.19. The summed E-state index contributed by atoms with van der Waals surface area (Å²) in [5.74, 6) is 0.486. The van der Waals surface area contributed by atoms with E-state index < -0.39 is 5.91 Å². The van der Waals surface area contributed by atoms with Gasteiger partial charge in [0.25, 0.3) is 5.91 Å². The fourth-order valence-electron chi connectivity index (χ4n) is 2.28. The lowest BCUT2D eigenvalue weighted by Gasteiger charge is -2.09. The molecule has 2 aromatic rings. The van der Waals surface area contributed by atoms with Crippen LogP contribution in [0.1, 0.15) is 15.2 Å². The van der Waals surface area contributed by atoms with Gasteiger partial charge in [0, 0.05) is 23.4 Å². The molecule has 1 aromatic carbocycles. The lowest BCUT2D eigenvalue weighted by atomic mass is 10.1.